The van der Waals surface area contributed by atoms with Gasteiger partial charge < -0.3 is 15.0 Å². The molecule has 24 heavy (non-hydrogen) atoms. The number of halogens is 2. The molecule has 2 rings (SSSR count). The van der Waals surface area contributed by atoms with Gasteiger partial charge in [-0.05, 0) is 43.3 Å². The molecule has 0 aliphatic heterocycles. The molecule has 0 spiro atoms. The molecule has 2 N–H and O–H groups in total. The van der Waals surface area contributed by atoms with Crippen LogP contribution in [0.15, 0.2) is 42.5 Å². The van der Waals surface area contributed by atoms with Crippen LogP contribution in [0.25, 0.3) is 0 Å². The average molecular weight is 335 g/mol. The molecule has 0 radical (unpaired) electrons. The summed E-state index contributed by atoms with van der Waals surface area (Å²) in [7, 11) is 1.87. The molecule has 0 aromatic heterocycles. The van der Waals surface area contributed by atoms with Gasteiger partial charge in [-0.2, -0.15) is 0 Å². The Labute approximate surface area is 140 Å². The van der Waals surface area contributed by atoms with Crippen molar-refractivity contribution in [3.8, 4) is 5.75 Å². The van der Waals surface area contributed by atoms with Crippen molar-refractivity contribution in [2.24, 2.45) is 0 Å². The highest BCUT2D eigenvalue weighted by atomic mass is 19.1. The molecule has 0 fully saturated rings. The van der Waals surface area contributed by atoms with Crippen LogP contribution in [0.4, 0.5) is 14.5 Å². The highest BCUT2D eigenvalue weighted by molar-refractivity contribution is 5.91. The Hall–Kier alpha value is -2.47. The lowest BCUT2D eigenvalue weighted by molar-refractivity contribution is -0.885. The molecule has 6 heteroatoms. The summed E-state index contributed by atoms with van der Waals surface area (Å²) in [5.41, 5.74) is 1.05. The third-order valence-electron chi connectivity index (χ3n) is 3.41. The number of hydrogen-bond acceptors (Lipinski definition) is 2. The van der Waals surface area contributed by atoms with Gasteiger partial charge >= 0.3 is 0 Å². The van der Waals surface area contributed by atoms with E-state index >= 15 is 0 Å². The Balaban J connectivity index is 1.86. The SMILES string of the molecule is CCOc1ccc(C[NH+](C)CC(=O)Nc2ccc(F)cc2F)cc1. The first-order valence-corrected chi connectivity index (χ1v) is 7.76. The van der Waals surface area contributed by atoms with E-state index in [2.05, 4.69) is 5.32 Å². The summed E-state index contributed by atoms with van der Waals surface area (Å²) in [4.78, 5) is 12.9. The number of benzene rings is 2. The zero-order valence-corrected chi connectivity index (χ0v) is 13.7. The van der Waals surface area contributed by atoms with Crippen molar-refractivity contribution in [2.75, 3.05) is 25.5 Å². The van der Waals surface area contributed by atoms with Crippen LogP contribution in [0.2, 0.25) is 0 Å². The number of hydrogen-bond donors (Lipinski definition) is 2. The lowest BCUT2D eigenvalue weighted by Gasteiger charge is -2.14. The number of anilines is 1. The molecule has 128 valence electrons. The van der Waals surface area contributed by atoms with Gasteiger partial charge in [-0.3, -0.25) is 4.79 Å². The van der Waals surface area contributed by atoms with Crippen molar-refractivity contribution in [1.29, 1.82) is 0 Å². The second kappa shape index (κ2) is 8.40. The topological polar surface area (TPSA) is 42.8 Å². The van der Waals surface area contributed by atoms with Crippen LogP contribution in [-0.2, 0) is 11.3 Å². The molecular weight excluding hydrogens is 314 g/mol. The molecule has 0 saturated carbocycles. The first-order chi connectivity index (χ1) is 11.5. The Bertz CT molecular complexity index is 690. The normalized spacial score (nSPS) is 11.8. The molecule has 1 unspecified atom stereocenters. The minimum Gasteiger partial charge on any atom is -0.494 e. The molecule has 0 aliphatic carbocycles. The number of amides is 1. The molecule has 0 bridgehead atoms. The van der Waals surface area contributed by atoms with E-state index < -0.39 is 11.6 Å². The summed E-state index contributed by atoms with van der Waals surface area (Å²) in [6.07, 6.45) is 0. The minimum atomic E-state index is -0.785. The van der Waals surface area contributed by atoms with E-state index in [9.17, 15) is 13.6 Å². The number of rotatable bonds is 7. The number of carbonyl (C=O) groups is 1. The van der Waals surface area contributed by atoms with Gasteiger partial charge in [-0.15, -0.1) is 0 Å². The van der Waals surface area contributed by atoms with Gasteiger partial charge in [0.05, 0.1) is 19.3 Å². The number of quaternary nitrogens is 1. The lowest BCUT2D eigenvalue weighted by Crippen LogP contribution is -3.08. The van der Waals surface area contributed by atoms with E-state index in [0.717, 1.165) is 28.3 Å². The molecule has 2 aromatic rings. The predicted molar refractivity (Wildman–Crippen MR) is 88.1 cm³/mol. The quantitative estimate of drug-likeness (QED) is 0.813. The van der Waals surface area contributed by atoms with Gasteiger partial charge in [0.15, 0.2) is 6.54 Å². The van der Waals surface area contributed by atoms with Crippen molar-refractivity contribution in [2.45, 2.75) is 13.5 Å². The standard InChI is InChI=1S/C18H20F2N2O2/c1-3-24-15-7-4-13(5-8-15)11-22(2)12-18(23)21-17-9-6-14(19)10-16(17)20/h4-10H,3,11-12H2,1-2H3,(H,21,23)/p+1. The summed E-state index contributed by atoms with van der Waals surface area (Å²) >= 11 is 0. The van der Waals surface area contributed by atoms with Crippen LogP contribution in [0.3, 0.4) is 0 Å². The molecule has 1 atom stereocenters. The molecule has 2 aromatic carbocycles. The lowest BCUT2D eigenvalue weighted by atomic mass is 10.2. The minimum absolute atomic E-state index is 0.0183. The first kappa shape index (κ1) is 17.9. The van der Waals surface area contributed by atoms with Gasteiger partial charge in [0, 0.05) is 11.6 Å². The van der Waals surface area contributed by atoms with Gasteiger partial charge in [0.25, 0.3) is 5.91 Å². The number of nitrogens with one attached hydrogen (secondary N) is 2. The molecule has 0 saturated heterocycles. The second-order valence-electron chi connectivity index (χ2n) is 5.56. The van der Waals surface area contributed by atoms with Crippen molar-refractivity contribution in [1.82, 2.24) is 0 Å². The maximum absolute atomic E-state index is 13.5. The van der Waals surface area contributed by atoms with E-state index in [4.69, 9.17) is 4.74 Å². The Morgan fingerprint density at radius 2 is 1.88 bits per heavy atom. The van der Waals surface area contributed by atoms with Crippen molar-refractivity contribution in [3.05, 3.63) is 59.7 Å². The third kappa shape index (κ3) is 5.31. The van der Waals surface area contributed by atoms with Crippen molar-refractivity contribution < 1.29 is 23.2 Å². The van der Waals surface area contributed by atoms with Crippen LogP contribution in [0.5, 0.6) is 5.75 Å². The Morgan fingerprint density at radius 1 is 1.17 bits per heavy atom. The van der Waals surface area contributed by atoms with Crippen molar-refractivity contribution in [3.63, 3.8) is 0 Å². The highest BCUT2D eigenvalue weighted by Gasteiger charge is 2.13. The Morgan fingerprint density at radius 3 is 2.50 bits per heavy atom. The van der Waals surface area contributed by atoms with Gasteiger partial charge in [0.2, 0.25) is 0 Å². The average Bonchev–Trinajstić information content (AvgIpc) is 2.52. The molecule has 1 amide bonds. The summed E-state index contributed by atoms with van der Waals surface area (Å²) in [5.74, 6) is -0.983. The summed E-state index contributed by atoms with van der Waals surface area (Å²) < 4.78 is 31.8. The van der Waals surface area contributed by atoms with E-state index in [1.165, 1.54) is 6.07 Å². The summed E-state index contributed by atoms with van der Waals surface area (Å²) in [6.45, 7) is 3.36. The zero-order chi connectivity index (χ0) is 17.5. The smallest absolute Gasteiger partial charge is 0.279 e. The maximum atomic E-state index is 13.5. The predicted octanol–water partition coefficient (Wildman–Crippen LogP) is 2.02. The van der Waals surface area contributed by atoms with E-state index in [1.54, 1.807) is 0 Å². The fourth-order valence-electron chi connectivity index (χ4n) is 2.34. The van der Waals surface area contributed by atoms with E-state index in [0.29, 0.717) is 13.2 Å². The fraction of sp³-hybridized carbons (Fsp3) is 0.278. The summed E-state index contributed by atoms with van der Waals surface area (Å²) in [5, 5.41) is 2.46. The molecular formula is C18H21F2N2O2+. The third-order valence-corrected chi connectivity index (χ3v) is 3.41. The van der Waals surface area contributed by atoms with Crippen molar-refractivity contribution >= 4 is 11.6 Å². The van der Waals surface area contributed by atoms with Crippen LogP contribution >= 0.6 is 0 Å². The number of carbonyl (C=O) groups excluding carboxylic acids is 1. The van der Waals surface area contributed by atoms with Gasteiger partial charge in [-0.25, -0.2) is 8.78 Å². The maximum Gasteiger partial charge on any atom is 0.279 e. The highest BCUT2D eigenvalue weighted by Crippen LogP contribution is 2.14. The fourth-order valence-corrected chi connectivity index (χ4v) is 2.34. The van der Waals surface area contributed by atoms with Crippen LogP contribution in [0, 0.1) is 11.6 Å². The Kier molecular flexibility index (Phi) is 6.26. The largest absolute Gasteiger partial charge is 0.494 e. The second-order valence-corrected chi connectivity index (χ2v) is 5.56. The monoisotopic (exact) mass is 335 g/mol. The van der Waals surface area contributed by atoms with Gasteiger partial charge in [-0.1, -0.05) is 0 Å². The molecule has 0 aliphatic rings. The van der Waals surface area contributed by atoms with Gasteiger partial charge in [0.1, 0.15) is 23.9 Å². The zero-order valence-electron chi connectivity index (χ0n) is 13.7. The van der Waals surface area contributed by atoms with E-state index in [1.807, 2.05) is 38.2 Å². The van der Waals surface area contributed by atoms with Crippen LogP contribution in [0.1, 0.15) is 12.5 Å². The number of ether oxygens (including phenoxy) is 1. The molecule has 4 nitrogen and oxygen atoms in total. The molecule has 0 heterocycles. The first-order valence-electron chi connectivity index (χ1n) is 7.76. The van der Waals surface area contributed by atoms with Crippen LogP contribution in [-0.4, -0.2) is 26.1 Å². The van der Waals surface area contributed by atoms with Crippen LogP contribution < -0.4 is 15.0 Å². The number of likely N-dealkylation sites (N-methyl/N-ethyl adjacent to an activating group) is 1. The van der Waals surface area contributed by atoms with E-state index in [-0.39, 0.29) is 18.1 Å². The summed E-state index contributed by atoms with van der Waals surface area (Å²) in [6, 6.07) is 10.7.